The van der Waals surface area contributed by atoms with Gasteiger partial charge in [-0.2, -0.15) is 52.7 Å². The Balaban J connectivity index is 1.16. The SMILES string of the molecule is Cc1ccc(Oc2ccc(C(c3ccc(Oc4ccc(CCc5ccc(C(c6ccc(C)cc6)(C(F)(F)F)C(F)(F)F)cc5)cc4)cc3)(C(F)(F)F)C(F)(F)F)cc2)cc1. The number of benzene rings is 6. The van der Waals surface area contributed by atoms with Crippen molar-refractivity contribution in [2.24, 2.45) is 0 Å². The molecule has 6 aromatic carbocycles. The zero-order chi connectivity index (χ0) is 43.7. The quantitative estimate of drug-likeness (QED) is 0.121. The summed E-state index contributed by atoms with van der Waals surface area (Å²) in [5.41, 5.74) is -10.2. The van der Waals surface area contributed by atoms with Crippen molar-refractivity contribution in [3.63, 3.8) is 0 Å². The molecule has 0 aliphatic rings. The highest BCUT2D eigenvalue weighted by molar-refractivity contribution is 5.49. The molecule has 0 saturated heterocycles. The minimum atomic E-state index is -5.82. The molecule has 0 aromatic heterocycles. The van der Waals surface area contributed by atoms with Crippen molar-refractivity contribution in [3.05, 3.63) is 190 Å². The lowest BCUT2D eigenvalue weighted by molar-refractivity contribution is -0.290. The summed E-state index contributed by atoms with van der Waals surface area (Å²) in [5, 5.41) is 0. The molecule has 6 aromatic rings. The largest absolute Gasteiger partial charge is 0.457 e. The Labute approximate surface area is 337 Å². The van der Waals surface area contributed by atoms with Gasteiger partial charge in [0.15, 0.2) is 0 Å². The minimum absolute atomic E-state index is 0.0312. The zero-order valence-corrected chi connectivity index (χ0v) is 31.6. The lowest BCUT2D eigenvalue weighted by atomic mass is 9.72. The Morgan fingerprint density at radius 1 is 0.300 bits per heavy atom. The van der Waals surface area contributed by atoms with Gasteiger partial charge in [-0.05, 0) is 109 Å². The number of ether oxygens (including phenoxy) is 2. The maximum Gasteiger partial charge on any atom is 0.411 e. The number of rotatable bonds is 11. The van der Waals surface area contributed by atoms with E-state index in [0.29, 0.717) is 41.0 Å². The highest BCUT2D eigenvalue weighted by atomic mass is 19.4. The first kappa shape index (κ1) is 43.7. The lowest BCUT2D eigenvalue weighted by Crippen LogP contribution is -2.54. The van der Waals surface area contributed by atoms with Crippen LogP contribution in [0.15, 0.2) is 146 Å². The second-order valence-electron chi connectivity index (χ2n) is 14.3. The van der Waals surface area contributed by atoms with Crippen LogP contribution in [0, 0.1) is 13.8 Å². The van der Waals surface area contributed by atoms with E-state index in [1.54, 1.807) is 43.3 Å². The maximum absolute atomic E-state index is 14.7. The van der Waals surface area contributed by atoms with E-state index in [9.17, 15) is 52.7 Å². The first-order valence-electron chi connectivity index (χ1n) is 18.2. The molecule has 6 rings (SSSR count). The van der Waals surface area contributed by atoms with Crippen molar-refractivity contribution in [1.29, 1.82) is 0 Å². The van der Waals surface area contributed by atoms with Crippen LogP contribution < -0.4 is 9.47 Å². The summed E-state index contributed by atoms with van der Waals surface area (Å²) in [6, 6.07) is 27.8. The van der Waals surface area contributed by atoms with Crippen LogP contribution in [-0.2, 0) is 23.7 Å². The third-order valence-corrected chi connectivity index (χ3v) is 10.3. The Morgan fingerprint density at radius 2 is 0.500 bits per heavy atom. The van der Waals surface area contributed by atoms with Crippen molar-refractivity contribution in [2.75, 3.05) is 0 Å². The van der Waals surface area contributed by atoms with Crippen LogP contribution in [0.2, 0.25) is 0 Å². The third-order valence-electron chi connectivity index (χ3n) is 10.3. The fourth-order valence-electron chi connectivity index (χ4n) is 7.13. The van der Waals surface area contributed by atoms with Crippen LogP contribution in [0.1, 0.15) is 44.5 Å². The maximum atomic E-state index is 14.7. The van der Waals surface area contributed by atoms with Crippen molar-refractivity contribution in [3.8, 4) is 23.0 Å². The Hall–Kier alpha value is -5.92. The molecule has 0 saturated carbocycles. The van der Waals surface area contributed by atoms with Gasteiger partial charge in [0.2, 0.25) is 10.8 Å². The second kappa shape index (κ2) is 16.3. The molecule has 0 bridgehead atoms. The highest BCUT2D eigenvalue weighted by Gasteiger charge is 2.73. The molecule has 14 heteroatoms. The number of halogens is 12. The summed E-state index contributed by atoms with van der Waals surface area (Å²) in [6.07, 6.45) is -22.5. The van der Waals surface area contributed by atoms with Crippen LogP contribution >= 0.6 is 0 Å². The molecule has 0 heterocycles. The van der Waals surface area contributed by atoms with Crippen LogP contribution in [0.3, 0.4) is 0 Å². The summed E-state index contributed by atoms with van der Waals surface area (Å²) in [5.74, 6) is 0.494. The molecule has 0 aliphatic carbocycles. The fraction of sp³-hybridized carbons (Fsp3) is 0.217. The molecule has 2 nitrogen and oxygen atoms in total. The van der Waals surface area contributed by atoms with Crippen molar-refractivity contribution in [2.45, 2.75) is 62.2 Å². The second-order valence-corrected chi connectivity index (χ2v) is 14.3. The number of hydrogen-bond acceptors (Lipinski definition) is 2. The van der Waals surface area contributed by atoms with Gasteiger partial charge in [0.05, 0.1) is 0 Å². The predicted molar refractivity (Wildman–Crippen MR) is 201 cm³/mol. The molecule has 0 spiro atoms. The van der Waals surface area contributed by atoms with E-state index in [4.69, 9.17) is 9.47 Å². The van der Waals surface area contributed by atoms with Crippen LogP contribution in [-0.4, -0.2) is 24.7 Å². The summed E-state index contributed by atoms with van der Waals surface area (Å²) >= 11 is 0. The van der Waals surface area contributed by atoms with Gasteiger partial charge >= 0.3 is 24.7 Å². The van der Waals surface area contributed by atoms with Gasteiger partial charge < -0.3 is 9.47 Å². The van der Waals surface area contributed by atoms with E-state index >= 15 is 0 Å². The average Bonchev–Trinajstić information content (AvgIpc) is 3.16. The Bertz CT molecular complexity index is 2310. The molecule has 0 aliphatic heterocycles. The van der Waals surface area contributed by atoms with E-state index in [2.05, 4.69) is 0 Å². The summed E-state index contributed by atoms with van der Waals surface area (Å²) in [6.45, 7) is 3.38. The van der Waals surface area contributed by atoms with Gasteiger partial charge in [-0.3, -0.25) is 0 Å². The summed E-state index contributed by atoms with van der Waals surface area (Å²) < 4.78 is 186. The summed E-state index contributed by atoms with van der Waals surface area (Å²) in [4.78, 5) is 0. The highest BCUT2D eigenvalue weighted by Crippen LogP contribution is 2.58. The first-order chi connectivity index (χ1) is 28.1. The van der Waals surface area contributed by atoms with E-state index in [-0.39, 0.29) is 23.7 Å². The molecule has 0 amide bonds. The smallest absolute Gasteiger partial charge is 0.411 e. The standard InChI is InChI=1S/C46H34F12O2/c1-29-3-13-33(14-4-29)41(43(47,48)49,44(50,51)52)34-15-9-31(10-16-34)7-8-32-11-23-38(24-12-32)60-40-27-19-36(20-28-40)42(45(53,54)55,46(56,57)58)35-17-25-39(26-18-35)59-37-21-5-30(2)6-22-37/h3-6,9-28H,7-8H2,1-2H3. The Kier molecular flexibility index (Phi) is 11.8. The van der Waals surface area contributed by atoms with Gasteiger partial charge in [0.25, 0.3) is 0 Å². The molecular formula is C46H34F12O2. The topological polar surface area (TPSA) is 18.5 Å². The van der Waals surface area contributed by atoms with Crippen molar-refractivity contribution >= 4 is 0 Å². The van der Waals surface area contributed by atoms with Crippen LogP contribution in [0.5, 0.6) is 23.0 Å². The van der Waals surface area contributed by atoms with E-state index in [0.717, 1.165) is 66.2 Å². The van der Waals surface area contributed by atoms with Gasteiger partial charge in [0.1, 0.15) is 23.0 Å². The van der Waals surface area contributed by atoms with Crippen LogP contribution in [0.25, 0.3) is 0 Å². The zero-order valence-electron chi connectivity index (χ0n) is 31.6. The van der Waals surface area contributed by atoms with Crippen LogP contribution in [0.4, 0.5) is 52.7 Å². The molecule has 0 fully saturated rings. The molecule has 60 heavy (non-hydrogen) atoms. The number of aryl methyl sites for hydroxylation is 4. The van der Waals surface area contributed by atoms with Crippen molar-refractivity contribution in [1.82, 2.24) is 0 Å². The summed E-state index contributed by atoms with van der Waals surface area (Å²) in [7, 11) is 0. The monoisotopic (exact) mass is 846 g/mol. The molecule has 314 valence electrons. The van der Waals surface area contributed by atoms with E-state index in [1.807, 2.05) is 6.92 Å². The normalized spacial score (nSPS) is 13.0. The third kappa shape index (κ3) is 8.41. The minimum Gasteiger partial charge on any atom is -0.457 e. The number of hydrogen-bond donors (Lipinski definition) is 0. The van der Waals surface area contributed by atoms with Gasteiger partial charge in [-0.25, -0.2) is 0 Å². The molecule has 0 atom stereocenters. The molecule has 0 N–H and O–H groups in total. The predicted octanol–water partition coefficient (Wildman–Crippen LogP) is 14.5. The molecule has 0 unspecified atom stereocenters. The Morgan fingerprint density at radius 3 is 0.783 bits per heavy atom. The van der Waals surface area contributed by atoms with E-state index < -0.39 is 57.8 Å². The number of alkyl halides is 12. The van der Waals surface area contributed by atoms with Gasteiger partial charge in [-0.1, -0.05) is 108 Å². The van der Waals surface area contributed by atoms with Gasteiger partial charge in [0, 0.05) is 0 Å². The van der Waals surface area contributed by atoms with E-state index in [1.165, 1.54) is 36.4 Å². The van der Waals surface area contributed by atoms with Crippen molar-refractivity contribution < 1.29 is 62.2 Å². The average molecular weight is 847 g/mol. The van der Waals surface area contributed by atoms with Gasteiger partial charge in [-0.15, -0.1) is 0 Å². The molecular weight excluding hydrogens is 812 g/mol. The molecule has 0 radical (unpaired) electrons. The lowest BCUT2D eigenvalue weighted by Gasteiger charge is -2.38. The first-order valence-corrected chi connectivity index (χ1v) is 18.2. The fourth-order valence-corrected chi connectivity index (χ4v) is 7.13.